The number of aromatic nitrogens is 3. The standard InChI is InChI=1S/C25H25Cl2N3O4.C24H24FN3O4.C22H22ClN3O5/c1-4-34-25(33)21-22(17-13-15(2)5-8-20(17)28(3)24(21)32)29-9-11-30(12-10-29)23(31)16-6-7-18(26)19(27)14-16;1-3-32-24(31)20-21(18-6-4-5-7-19(18)26(2)23(20)30)27-12-14-28(15-13-27)22(29)16-8-10-17(25)11-9-16;1-3-30-22(29)18-19(15-13-14(23)6-7-16(15)24(2)21(18)28)25-8-10-26(11-9-25)20(27)17-5-4-12-31-17/h5-8,13-14H,4,9-12H2,1-3H3;4-11H,3,12-15H2,1-2H3;4-7,12-13H,3,8-11H2,1-2H3. The number of aryl methyl sites for hydroxylation is 4. The maximum atomic E-state index is 13.2. The molecule has 3 saturated heterocycles. The van der Waals surface area contributed by atoms with Crippen LogP contribution in [0.5, 0.6) is 0 Å². The number of piperazine rings is 3. The number of anilines is 3. The molecule has 7 heterocycles. The number of hydrogen-bond acceptors (Lipinski definition) is 16. The van der Waals surface area contributed by atoms with Gasteiger partial charge >= 0.3 is 17.9 Å². The number of fused-ring (bicyclic) bond motifs is 3. The minimum Gasteiger partial charge on any atom is -0.462 e. The number of benzene rings is 5. The van der Waals surface area contributed by atoms with Crippen LogP contribution in [-0.4, -0.2) is 162 Å². The summed E-state index contributed by atoms with van der Waals surface area (Å²) in [6.45, 7) is 12.7. The zero-order valence-electron chi connectivity index (χ0n) is 54.5. The van der Waals surface area contributed by atoms with E-state index in [2.05, 4.69) is 0 Å². The molecule has 12 rings (SSSR count). The smallest absolute Gasteiger partial charge is 0.345 e. The predicted octanol–water partition coefficient (Wildman–Crippen LogP) is 10.0. The first-order valence-electron chi connectivity index (χ1n) is 31.5. The summed E-state index contributed by atoms with van der Waals surface area (Å²) < 4.78 is 38.4. The maximum absolute atomic E-state index is 13.2. The molecule has 0 spiro atoms. The normalized spacial score (nSPS) is 14.0. The Labute approximate surface area is 571 Å². The third-order valence-electron chi connectivity index (χ3n) is 17.2. The summed E-state index contributed by atoms with van der Waals surface area (Å²) in [6, 6.07) is 32.0. The summed E-state index contributed by atoms with van der Waals surface area (Å²) in [5.41, 5.74) is 4.33. The lowest BCUT2D eigenvalue weighted by molar-refractivity contribution is 0.0514. The molecule has 22 nitrogen and oxygen atoms in total. The molecule has 0 bridgehead atoms. The molecule has 3 amide bonds. The van der Waals surface area contributed by atoms with Gasteiger partial charge in [-0.1, -0.05) is 64.6 Å². The fourth-order valence-electron chi connectivity index (χ4n) is 12.3. The molecule has 0 unspecified atom stereocenters. The molecule has 26 heteroatoms. The van der Waals surface area contributed by atoms with Crippen LogP contribution >= 0.6 is 34.8 Å². The van der Waals surface area contributed by atoms with Crippen molar-refractivity contribution >= 4 is 120 Å². The van der Waals surface area contributed by atoms with Crippen molar-refractivity contribution in [3.05, 3.63) is 213 Å². The van der Waals surface area contributed by atoms with Crippen LogP contribution in [-0.2, 0) is 35.4 Å². The van der Waals surface area contributed by atoms with Gasteiger partial charge in [0.15, 0.2) is 5.76 Å². The zero-order valence-corrected chi connectivity index (χ0v) is 56.8. The first-order valence-corrected chi connectivity index (χ1v) is 32.7. The van der Waals surface area contributed by atoms with Gasteiger partial charge in [-0.3, -0.25) is 28.8 Å². The predicted molar refractivity (Wildman–Crippen MR) is 371 cm³/mol. The molecule has 0 saturated carbocycles. The van der Waals surface area contributed by atoms with Gasteiger partial charge in [0.2, 0.25) is 0 Å². The molecule has 97 heavy (non-hydrogen) atoms. The van der Waals surface area contributed by atoms with E-state index in [1.807, 2.05) is 64.1 Å². The van der Waals surface area contributed by atoms with Crippen molar-refractivity contribution < 1.29 is 51.8 Å². The second-order valence-corrected chi connectivity index (χ2v) is 24.3. The maximum Gasteiger partial charge on any atom is 0.345 e. The van der Waals surface area contributed by atoms with E-state index in [0.717, 1.165) is 21.9 Å². The van der Waals surface area contributed by atoms with Crippen molar-refractivity contribution in [3.63, 3.8) is 0 Å². The van der Waals surface area contributed by atoms with E-state index in [9.17, 15) is 47.5 Å². The molecule has 3 fully saturated rings. The lowest BCUT2D eigenvalue weighted by Gasteiger charge is -2.37. The Morgan fingerprint density at radius 2 is 0.856 bits per heavy atom. The summed E-state index contributed by atoms with van der Waals surface area (Å²) in [5, 5.41) is 3.47. The van der Waals surface area contributed by atoms with Gasteiger partial charge < -0.3 is 61.7 Å². The number of rotatable bonds is 12. The van der Waals surface area contributed by atoms with E-state index in [-0.39, 0.29) is 60.0 Å². The molecule has 3 aliphatic rings. The third-order valence-corrected chi connectivity index (χ3v) is 18.2. The van der Waals surface area contributed by atoms with Gasteiger partial charge in [0.1, 0.15) is 22.5 Å². The molecule has 0 aliphatic carbocycles. The van der Waals surface area contributed by atoms with Gasteiger partial charge in [-0.25, -0.2) is 18.8 Å². The second-order valence-electron chi connectivity index (χ2n) is 23.1. The van der Waals surface area contributed by atoms with Crippen molar-refractivity contribution in [3.8, 4) is 0 Å². The minimum absolute atomic E-state index is 0.00589. The highest BCUT2D eigenvalue weighted by Crippen LogP contribution is 2.35. The Kier molecular flexibility index (Phi) is 21.9. The topological polar surface area (TPSA) is 229 Å². The highest BCUT2D eigenvalue weighted by atomic mass is 35.5. The van der Waals surface area contributed by atoms with E-state index < -0.39 is 40.4 Å². The first-order chi connectivity index (χ1) is 46.6. The van der Waals surface area contributed by atoms with Crippen LogP contribution in [0.25, 0.3) is 32.7 Å². The number of furan rings is 1. The number of halogens is 4. The fraction of sp³-hybridized carbons (Fsp3) is 0.310. The monoisotopic (exact) mass is 1380 g/mol. The molecular formula is C71H71Cl3FN9O13. The third kappa shape index (κ3) is 14.6. The Morgan fingerprint density at radius 1 is 0.443 bits per heavy atom. The molecule has 5 aromatic carbocycles. The summed E-state index contributed by atoms with van der Waals surface area (Å²) in [7, 11) is 4.90. The van der Waals surface area contributed by atoms with Gasteiger partial charge in [-0.15, -0.1) is 0 Å². The number of nitrogens with zero attached hydrogens (tertiary/aromatic N) is 9. The van der Waals surface area contributed by atoms with E-state index in [1.54, 1.807) is 105 Å². The van der Waals surface area contributed by atoms with Crippen LogP contribution in [0.4, 0.5) is 21.5 Å². The number of para-hydroxylation sites is 1. The molecule has 0 atom stereocenters. The number of carbonyl (C=O) groups is 6. The second kappa shape index (κ2) is 30.4. The number of pyridine rings is 3. The average molecular weight is 1380 g/mol. The van der Waals surface area contributed by atoms with E-state index in [4.69, 9.17) is 53.4 Å². The molecule has 3 aliphatic heterocycles. The van der Waals surface area contributed by atoms with Gasteiger partial charge in [-0.05, 0) is 119 Å². The Morgan fingerprint density at radius 3 is 1.31 bits per heavy atom. The van der Waals surface area contributed by atoms with Crippen LogP contribution in [0.1, 0.15) is 88.7 Å². The van der Waals surface area contributed by atoms with Crippen molar-refractivity contribution in [2.24, 2.45) is 21.1 Å². The molecule has 9 aromatic rings. The van der Waals surface area contributed by atoms with Crippen molar-refractivity contribution in [1.29, 1.82) is 0 Å². The quantitative estimate of drug-likeness (QED) is 0.0818. The highest BCUT2D eigenvalue weighted by molar-refractivity contribution is 6.42. The molecular weight excluding hydrogens is 1310 g/mol. The Hall–Kier alpha value is -9.97. The number of ether oxygens (including phenoxy) is 3. The Bertz CT molecular complexity index is 4710. The summed E-state index contributed by atoms with van der Waals surface area (Å²) in [5.74, 6) is -2.59. The van der Waals surface area contributed by atoms with Gasteiger partial charge in [0, 0.05) is 132 Å². The van der Waals surface area contributed by atoms with Gasteiger partial charge in [-0.2, -0.15) is 0 Å². The molecule has 0 N–H and O–H groups in total. The average Bonchev–Trinajstić information content (AvgIpc) is 1.12. The fourth-order valence-corrected chi connectivity index (χ4v) is 12.8. The van der Waals surface area contributed by atoms with Crippen LogP contribution in [0.3, 0.4) is 0 Å². The number of hydrogen-bond donors (Lipinski definition) is 0. The molecule has 4 aromatic heterocycles. The number of carbonyl (C=O) groups excluding carboxylic acids is 6. The Balaban J connectivity index is 0.000000158. The summed E-state index contributed by atoms with van der Waals surface area (Å²) >= 11 is 18.3. The van der Waals surface area contributed by atoms with Crippen LogP contribution < -0.4 is 31.4 Å². The SMILES string of the molecule is CCOC(=O)c1c(N2CCN(C(=O)c3ccc(Cl)c(Cl)c3)CC2)c2cc(C)ccc2n(C)c1=O.CCOC(=O)c1c(N2CCN(C(=O)c3ccc(F)cc3)CC2)c2ccccc2n(C)c1=O.CCOC(=O)c1c(N2CCN(C(=O)c3ccco3)CC2)c2cc(Cl)ccc2n(C)c1=O. The molecule has 506 valence electrons. The largest absolute Gasteiger partial charge is 0.462 e. The van der Waals surface area contributed by atoms with Crippen molar-refractivity contribution in [1.82, 2.24) is 28.4 Å². The van der Waals surface area contributed by atoms with E-state index >= 15 is 0 Å². The highest BCUT2D eigenvalue weighted by Gasteiger charge is 2.34. The lowest BCUT2D eigenvalue weighted by Crippen LogP contribution is -2.49. The summed E-state index contributed by atoms with van der Waals surface area (Å²) in [6.07, 6.45) is 1.46. The number of esters is 3. The summed E-state index contributed by atoms with van der Waals surface area (Å²) in [4.78, 5) is 127. The van der Waals surface area contributed by atoms with Crippen molar-refractivity contribution in [2.75, 3.05) is 113 Å². The van der Waals surface area contributed by atoms with Gasteiger partial charge in [0.25, 0.3) is 34.4 Å². The van der Waals surface area contributed by atoms with E-state index in [1.165, 1.54) is 44.2 Å². The minimum atomic E-state index is -0.672. The molecule has 0 radical (unpaired) electrons. The zero-order chi connectivity index (χ0) is 69.5. The number of amides is 3. The van der Waals surface area contributed by atoms with Gasteiger partial charge in [0.05, 0.1) is 69.7 Å². The van der Waals surface area contributed by atoms with Crippen LogP contribution in [0.15, 0.2) is 140 Å². The first kappa shape index (κ1) is 69.8. The van der Waals surface area contributed by atoms with E-state index in [0.29, 0.717) is 138 Å². The van der Waals surface area contributed by atoms with Crippen LogP contribution in [0, 0.1) is 12.7 Å². The van der Waals surface area contributed by atoms with Crippen molar-refractivity contribution in [2.45, 2.75) is 27.7 Å². The lowest BCUT2D eigenvalue weighted by atomic mass is 10.0. The van der Waals surface area contributed by atoms with Crippen LogP contribution in [0.2, 0.25) is 15.1 Å².